The van der Waals surface area contributed by atoms with E-state index in [0.717, 1.165) is 36.1 Å². The van der Waals surface area contributed by atoms with Crippen LogP contribution in [0.5, 0.6) is 0 Å². The number of thiazole rings is 1. The van der Waals surface area contributed by atoms with Crippen molar-refractivity contribution < 1.29 is 32.3 Å². The van der Waals surface area contributed by atoms with Crippen molar-refractivity contribution in [1.29, 1.82) is 0 Å². The molecular weight excluding hydrogens is 470 g/mol. The number of hydrogen-bond donors (Lipinski definition) is 0. The van der Waals surface area contributed by atoms with Crippen LogP contribution in [0.15, 0.2) is 23.2 Å². The molecule has 1 aromatic heterocycles. The van der Waals surface area contributed by atoms with Gasteiger partial charge in [0.05, 0.1) is 29.5 Å². The number of sulfone groups is 1. The van der Waals surface area contributed by atoms with E-state index < -0.39 is 39.1 Å². The number of piperidine rings is 1. The van der Waals surface area contributed by atoms with Gasteiger partial charge in [0.1, 0.15) is 11.5 Å². The molecule has 180 valence electrons. The van der Waals surface area contributed by atoms with Gasteiger partial charge in [-0.15, -0.1) is 0 Å². The van der Waals surface area contributed by atoms with Crippen molar-refractivity contribution in [3.63, 3.8) is 0 Å². The lowest BCUT2D eigenvalue weighted by molar-refractivity contribution is -0.129. The van der Waals surface area contributed by atoms with Crippen molar-refractivity contribution in [3.05, 3.63) is 28.6 Å². The van der Waals surface area contributed by atoms with Gasteiger partial charge in [-0.25, -0.2) is 13.2 Å². The Labute approximate surface area is 195 Å². The Morgan fingerprint density at radius 1 is 1.09 bits per heavy atom. The summed E-state index contributed by atoms with van der Waals surface area (Å²) in [4.78, 5) is 42.5. The molecule has 0 unspecified atom stereocenters. The van der Waals surface area contributed by atoms with Crippen molar-refractivity contribution in [2.24, 2.45) is 4.99 Å². The van der Waals surface area contributed by atoms with Crippen LogP contribution >= 0.6 is 11.3 Å². The SMILES string of the molecule is COCCn1c(=NC(=O)CS(=O)(=O)CC(=O)N2CCCCC2)sc2cc(C(=O)OC)ccc21. The number of aromatic nitrogens is 1. The Kier molecular flexibility index (Phi) is 8.38. The molecule has 2 heterocycles. The van der Waals surface area contributed by atoms with Gasteiger partial charge < -0.3 is 18.9 Å². The van der Waals surface area contributed by atoms with Crippen LogP contribution in [0, 0.1) is 0 Å². The minimum atomic E-state index is -3.96. The summed E-state index contributed by atoms with van der Waals surface area (Å²) in [7, 11) is -1.13. The number of amides is 2. The van der Waals surface area contributed by atoms with Gasteiger partial charge in [0.2, 0.25) is 5.91 Å². The summed E-state index contributed by atoms with van der Waals surface area (Å²) in [6.45, 7) is 1.80. The molecule has 1 fully saturated rings. The highest BCUT2D eigenvalue weighted by molar-refractivity contribution is 7.92. The number of carbonyl (C=O) groups excluding carboxylic acids is 3. The summed E-state index contributed by atoms with van der Waals surface area (Å²) >= 11 is 1.15. The van der Waals surface area contributed by atoms with Crippen molar-refractivity contribution >= 4 is 49.2 Å². The maximum absolute atomic E-state index is 12.5. The number of methoxy groups -OCH3 is 2. The Morgan fingerprint density at radius 3 is 2.48 bits per heavy atom. The quantitative estimate of drug-likeness (QED) is 0.498. The molecular formula is C21H27N3O7S2. The maximum Gasteiger partial charge on any atom is 0.337 e. The minimum absolute atomic E-state index is 0.284. The fraction of sp³-hybridized carbons (Fsp3) is 0.524. The number of rotatable bonds is 8. The molecule has 2 aromatic rings. The highest BCUT2D eigenvalue weighted by atomic mass is 32.2. The molecule has 12 heteroatoms. The molecule has 0 N–H and O–H groups in total. The second-order valence-electron chi connectivity index (χ2n) is 7.68. The van der Waals surface area contributed by atoms with Gasteiger partial charge in [-0.3, -0.25) is 9.59 Å². The lowest BCUT2D eigenvalue weighted by Crippen LogP contribution is -2.40. The number of hydrogen-bond acceptors (Lipinski definition) is 8. The first kappa shape index (κ1) is 25.1. The topological polar surface area (TPSA) is 124 Å². The van der Waals surface area contributed by atoms with Gasteiger partial charge in [0.15, 0.2) is 14.6 Å². The molecule has 0 aliphatic carbocycles. The van der Waals surface area contributed by atoms with Crippen LogP contribution in [-0.2, 0) is 35.4 Å². The van der Waals surface area contributed by atoms with Crippen LogP contribution in [0.1, 0.15) is 29.6 Å². The predicted molar refractivity (Wildman–Crippen MR) is 123 cm³/mol. The summed E-state index contributed by atoms with van der Waals surface area (Å²) in [5.41, 5.74) is 1.07. The van der Waals surface area contributed by atoms with Crippen molar-refractivity contribution in [2.45, 2.75) is 25.8 Å². The number of likely N-dealkylation sites (tertiary alicyclic amines) is 1. The summed E-state index contributed by atoms with van der Waals surface area (Å²) in [6, 6.07) is 4.95. The highest BCUT2D eigenvalue weighted by Crippen LogP contribution is 2.20. The lowest BCUT2D eigenvalue weighted by Gasteiger charge is -2.26. The standard InChI is InChI=1S/C21H27N3O7S2/c1-30-11-10-24-16-7-6-15(20(27)31-2)12-17(16)32-21(24)22-18(25)13-33(28,29)14-19(26)23-8-4-3-5-9-23/h6-7,12H,3-5,8-11,13-14H2,1-2H3. The normalized spacial score (nSPS) is 15.1. The number of fused-ring (bicyclic) bond motifs is 1. The first-order chi connectivity index (χ1) is 15.7. The fourth-order valence-corrected chi connectivity index (χ4v) is 5.82. The summed E-state index contributed by atoms with van der Waals surface area (Å²) in [6.07, 6.45) is 2.73. The first-order valence-electron chi connectivity index (χ1n) is 10.5. The Balaban J connectivity index is 1.84. The predicted octanol–water partition coefficient (Wildman–Crippen LogP) is 0.990. The summed E-state index contributed by atoms with van der Waals surface area (Å²) < 4.78 is 37.2. The van der Waals surface area contributed by atoms with Gasteiger partial charge in [-0.05, 0) is 37.5 Å². The second kappa shape index (κ2) is 11.0. The zero-order chi connectivity index (χ0) is 24.0. The molecule has 1 aliphatic rings. The van der Waals surface area contributed by atoms with Gasteiger partial charge in [-0.1, -0.05) is 11.3 Å². The van der Waals surface area contributed by atoms with Crippen LogP contribution in [-0.4, -0.2) is 81.1 Å². The van der Waals surface area contributed by atoms with Crippen molar-refractivity contribution in [1.82, 2.24) is 9.47 Å². The zero-order valence-corrected chi connectivity index (χ0v) is 20.2. The molecule has 1 aromatic carbocycles. The molecule has 0 bridgehead atoms. The highest BCUT2D eigenvalue weighted by Gasteiger charge is 2.25. The lowest BCUT2D eigenvalue weighted by atomic mass is 10.1. The molecule has 1 aliphatic heterocycles. The van der Waals surface area contributed by atoms with E-state index in [4.69, 9.17) is 9.47 Å². The monoisotopic (exact) mass is 497 g/mol. The Morgan fingerprint density at radius 2 is 1.82 bits per heavy atom. The van der Waals surface area contributed by atoms with Gasteiger partial charge in [0.25, 0.3) is 5.91 Å². The largest absolute Gasteiger partial charge is 0.465 e. The van der Waals surface area contributed by atoms with E-state index in [-0.39, 0.29) is 4.80 Å². The smallest absolute Gasteiger partial charge is 0.337 e. The minimum Gasteiger partial charge on any atom is -0.465 e. The zero-order valence-electron chi connectivity index (χ0n) is 18.6. The van der Waals surface area contributed by atoms with E-state index >= 15 is 0 Å². The molecule has 0 saturated carbocycles. The fourth-order valence-electron chi connectivity index (χ4n) is 3.60. The number of ether oxygens (including phenoxy) is 2. The van der Waals surface area contributed by atoms with Crippen molar-refractivity contribution in [3.8, 4) is 0 Å². The first-order valence-corrected chi connectivity index (χ1v) is 13.1. The Bertz CT molecular complexity index is 1210. The molecule has 2 amide bonds. The van der Waals surface area contributed by atoms with Gasteiger partial charge in [0, 0.05) is 26.7 Å². The third kappa shape index (κ3) is 6.49. The third-order valence-electron chi connectivity index (χ3n) is 5.24. The molecule has 3 rings (SSSR count). The molecule has 0 spiro atoms. The van der Waals surface area contributed by atoms with E-state index in [2.05, 4.69) is 4.99 Å². The molecule has 0 radical (unpaired) electrons. The number of benzene rings is 1. The molecule has 33 heavy (non-hydrogen) atoms. The van der Waals surface area contributed by atoms with Gasteiger partial charge >= 0.3 is 5.97 Å². The second-order valence-corrected chi connectivity index (χ2v) is 10.8. The van der Waals surface area contributed by atoms with Gasteiger partial charge in [-0.2, -0.15) is 4.99 Å². The maximum atomic E-state index is 12.5. The van der Waals surface area contributed by atoms with Crippen molar-refractivity contribution in [2.75, 3.05) is 45.4 Å². The summed E-state index contributed by atoms with van der Waals surface area (Å²) in [5.74, 6) is -3.37. The van der Waals surface area contributed by atoms with E-state index in [9.17, 15) is 22.8 Å². The average Bonchev–Trinajstić information content (AvgIpc) is 3.12. The molecule has 1 saturated heterocycles. The van der Waals surface area contributed by atoms with E-state index in [1.807, 2.05) is 0 Å². The van der Waals surface area contributed by atoms with Crippen LogP contribution in [0.25, 0.3) is 10.2 Å². The van der Waals surface area contributed by atoms with Crippen LogP contribution < -0.4 is 4.80 Å². The van der Waals surface area contributed by atoms with E-state index in [0.29, 0.717) is 36.5 Å². The molecule has 10 nitrogen and oxygen atoms in total. The number of carbonyl (C=O) groups is 3. The van der Waals surface area contributed by atoms with Crippen LogP contribution in [0.2, 0.25) is 0 Å². The number of nitrogens with zero attached hydrogens (tertiary/aromatic N) is 3. The van der Waals surface area contributed by atoms with Crippen LogP contribution in [0.3, 0.4) is 0 Å². The third-order valence-corrected chi connectivity index (χ3v) is 7.65. The average molecular weight is 498 g/mol. The molecule has 0 atom stereocenters. The number of esters is 1. The summed E-state index contributed by atoms with van der Waals surface area (Å²) in [5, 5.41) is 0. The Hall–Kier alpha value is -2.57. The van der Waals surface area contributed by atoms with E-state index in [1.54, 1.807) is 29.9 Å². The van der Waals surface area contributed by atoms with E-state index in [1.165, 1.54) is 12.0 Å². The van der Waals surface area contributed by atoms with Crippen LogP contribution in [0.4, 0.5) is 0 Å².